The molecular weight excluding hydrogens is 432 g/mol. The van der Waals surface area contributed by atoms with Crippen LogP contribution >= 0.6 is 11.8 Å². The average Bonchev–Trinajstić information content (AvgIpc) is 3.20. The zero-order valence-corrected chi connectivity index (χ0v) is 18.6. The molecule has 0 saturated carbocycles. The van der Waals surface area contributed by atoms with Crippen LogP contribution in [0.15, 0.2) is 65.8 Å². The Hall–Kier alpha value is -3.39. The van der Waals surface area contributed by atoms with E-state index in [1.165, 1.54) is 23.9 Å². The van der Waals surface area contributed by atoms with Crippen molar-refractivity contribution in [3.05, 3.63) is 83.4 Å². The molecule has 3 aromatic carbocycles. The molecule has 0 aliphatic rings. The lowest BCUT2D eigenvalue weighted by Crippen LogP contribution is -2.02. The van der Waals surface area contributed by atoms with Crippen LogP contribution in [-0.2, 0) is 5.75 Å². The molecule has 0 aliphatic carbocycles. The third-order valence-corrected chi connectivity index (χ3v) is 5.89. The Labute approximate surface area is 189 Å². The fourth-order valence-electron chi connectivity index (χ4n) is 3.36. The van der Waals surface area contributed by atoms with Gasteiger partial charge in [-0.15, -0.1) is 10.2 Å². The molecule has 0 atom stereocenters. The largest absolute Gasteiger partial charge is 0.497 e. The lowest BCUT2D eigenvalue weighted by Gasteiger charge is -2.14. The number of aromatic nitrogens is 3. The van der Waals surface area contributed by atoms with Crippen molar-refractivity contribution < 1.29 is 18.3 Å². The summed E-state index contributed by atoms with van der Waals surface area (Å²) in [5.74, 6) is 0.978. The Kier molecular flexibility index (Phi) is 6.41. The highest BCUT2D eigenvalue weighted by Crippen LogP contribution is 2.34. The molecule has 4 aromatic rings. The van der Waals surface area contributed by atoms with Gasteiger partial charge in [-0.3, -0.25) is 4.57 Å². The number of halogens is 2. The molecule has 5 nitrogen and oxygen atoms in total. The molecule has 0 amide bonds. The summed E-state index contributed by atoms with van der Waals surface area (Å²) in [6.45, 7) is 2.00. The topological polar surface area (TPSA) is 49.2 Å². The smallest absolute Gasteiger partial charge is 0.196 e. The SMILES string of the molecule is COc1cc(OC)cc(-c2nnc(SCc3cc(F)cc(F)c3)n2-c2ccccc2C)c1. The fraction of sp³-hybridized carbons (Fsp3) is 0.167. The molecule has 32 heavy (non-hydrogen) atoms. The van der Waals surface area contributed by atoms with E-state index in [-0.39, 0.29) is 0 Å². The van der Waals surface area contributed by atoms with Gasteiger partial charge >= 0.3 is 0 Å². The lowest BCUT2D eigenvalue weighted by molar-refractivity contribution is 0.394. The van der Waals surface area contributed by atoms with Gasteiger partial charge in [-0.05, 0) is 48.4 Å². The van der Waals surface area contributed by atoms with Gasteiger partial charge in [-0.1, -0.05) is 30.0 Å². The van der Waals surface area contributed by atoms with Crippen LogP contribution in [0.1, 0.15) is 11.1 Å². The second-order valence-corrected chi connectivity index (χ2v) is 8.04. The molecule has 0 fully saturated rings. The van der Waals surface area contributed by atoms with Gasteiger partial charge in [-0.2, -0.15) is 0 Å². The monoisotopic (exact) mass is 453 g/mol. The zero-order chi connectivity index (χ0) is 22.7. The van der Waals surface area contributed by atoms with Crippen LogP contribution < -0.4 is 9.47 Å². The van der Waals surface area contributed by atoms with Gasteiger partial charge in [0.25, 0.3) is 0 Å². The van der Waals surface area contributed by atoms with Gasteiger partial charge in [0.1, 0.15) is 23.1 Å². The molecule has 0 spiro atoms. The molecule has 0 N–H and O–H groups in total. The number of para-hydroxylation sites is 1. The van der Waals surface area contributed by atoms with Crippen LogP contribution in [0.4, 0.5) is 8.78 Å². The Morgan fingerprint density at radius 3 is 2.16 bits per heavy atom. The van der Waals surface area contributed by atoms with Crippen molar-refractivity contribution in [2.24, 2.45) is 0 Å². The molecule has 0 radical (unpaired) electrons. The van der Waals surface area contributed by atoms with Crippen LogP contribution in [0.5, 0.6) is 11.5 Å². The molecule has 4 rings (SSSR count). The second kappa shape index (κ2) is 9.40. The van der Waals surface area contributed by atoms with Crippen LogP contribution in [0.25, 0.3) is 17.1 Å². The Balaban J connectivity index is 1.80. The summed E-state index contributed by atoms with van der Waals surface area (Å²) in [7, 11) is 3.17. The van der Waals surface area contributed by atoms with E-state index < -0.39 is 11.6 Å². The molecule has 0 aliphatic heterocycles. The summed E-state index contributed by atoms with van der Waals surface area (Å²) < 4.78 is 40.0. The predicted octanol–water partition coefficient (Wildman–Crippen LogP) is 5.83. The molecule has 1 heterocycles. The number of hydrogen-bond donors (Lipinski definition) is 0. The molecular formula is C24H21F2N3O2S. The van der Waals surface area contributed by atoms with Crippen molar-refractivity contribution in [3.8, 4) is 28.6 Å². The number of rotatable bonds is 7. The number of hydrogen-bond acceptors (Lipinski definition) is 5. The number of aryl methyl sites for hydroxylation is 1. The van der Waals surface area contributed by atoms with Crippen LogP contribution in [-0.4, -0.2) is 29.0 Å². The molecule has 8 heteroatoms. The van der Waals surface area contributed by atoms with Crippen molar-refractivity contribution in [1.29, 1.82) is 0 Å². The summed E-state index contributed by atoms with van der Waals surface area (Å²) in [4.78, 5) is 0. The van der Waals surface area contributed by atoms with E-state index in [1.54, 1.807) is 20.3 Å². The highest BCUT2D eigenvalue weighted by atomic mass is 32.2. The number of benzene rings is 3. The van der Waals surface area contributed by atoms with Crippen molar-refractivity contribution in [2.75, 3.05) is 14.2 Å². The Morgan fingerprint density at radius 2 is 1.53 bits per heavy atom. The van der Waals surface area contributed by atoms with Gasteiger partial charge < -0.3 is 9.47 Å². The average molecular weight is 454 g/mol. The van der Waals surface area contributed by atoms with Crippen LogP contribution in [0.3, 0.4) is 0 Å². The minimum absolute atomic E-state index is 0.333. The van der Waals surface area contributed by atoms with Gasteiger partial charge in [0.2, 0.25) is 0 Å². The van der Waals surface area contributed by atoms with Crippen molar-refractivity contribution >= 4 is 11.8 Å². The first kappa shape index (κ1) is 21.8. The normalized spacial score (nSPS) is 10.9. The summed E-state index contributed by atoms with van der Waals surface area (Å²) in [5.41, 5.74) is 3.22. The van der Waals surface area contributed by atoms with Gasteiger partial charge in [-0.25, -0.2) is 8.78 Å². The summed E-state index contributed by atoms with van der Waals surface area (Å²) >= 11 is 1.35. The maximum absolute atomic E-state index is 13.6. The molecule has 0 bridgehead atoms. The van der Waals surface area contributed by atoms with Gasteiger partial charge in [0.15, 0.2) is 11.0 Å². The first-order valence-electron chi connectivity index (χ1n) is 9.81. The van der Waals surface area contributed by atoms with E-state index in [2.05, 4.69) is 10.2 Å². The number of nitrogens with zero attached hydrogens (tertiary/aromatic N) is 3. The third-order valence-electron chi connectivity index (χ3n) is 4.89. The summed E-state index contributed by atoms with van der Waals surface area (Å²) in [6.07, 6.45) is 0. The van der Waals surface area contributed by atoms with Crippen molar-refractivity contribution in [3.63, 3.8) is 0 Å². The lowest BCUT2D eigenvalue weighted by atomic mass is 10.1. The van der Waals surface area contributed by atoms with Crippen molar-refractivity contribution in [1.82, 2.24) is 14.8 Å². The Morgan fingerprint density at radius 1 is 0.875 bits per heavy atom. The molecule has 0 unspecified atom stereocenters. The Bertz CT molecular complexity index is 1220. The van der Waals surface area contributed by atoms with Gasteiger partial charge in [0.05, 0.1) is 19.9 Å². The number of ether oxygens (including phenoxy) is 2. The highest BCUT2D eigenvalue weighted by Gasteiger charge is 2.19. The van der Waals surface area contributed by atoms with E-state index in [9.17, 15) is 8.78 Å². The third kappa shape index (κ3) is 4.60. The summed E-state index contributed by atoms with van der Waals surface area (Å²) in [6, 6.07) is 16.9. The summed E-state index contributed by atoms with van der Waals surface area (Å²) in [5, 5.41) is 9.42. The fourth-order valence-corrected chi connectivity index (χ4v) is 4.24. The second-order valence-electron chi connectivity index (χ2n) is 7.10. The van der Waals surface area contributed by atoms with E-state index in [1.807, 2.05) is 47.9 Å². The maximum atomic E-state index is 13.6. The minimum Gasteiger partial charge on any atom is -0.497 e. The number of thioether (sulfide) groups is 1. The maximum Gasteiger partial charge on any atom is 0.196 e. The zero-order valence-electron chi connectivity index (χ0n) is 17.8. The molecule has 164 valence electrons. The van der Waals surface area contributed by atoms with Crippen molar-refractivity contribution in [2.45, 2.75) is 17.8 Å². The highest BCUT2D eigenvalue weighted by molar-refractivity contribution is 7.98. The van der Waals surface area contributed by atoms with E-state index in [0.717, 1.165) is 22.9 Å². The first-order valence-corrected chi connectivity index (χ1v) is 10.8. The van der Waals surface area contributed by atoms with E-state index in [0.29, 0.717) is 33.8 Å². The minimum atomic E-state index is -0.606. The van der Waals surface area contributed by atoms with Gasteiger partial charge in [0, 0.05) is 23.4 Å². The van der Waals surface area contributed by atoms with E-state index in [4.69, 9.17) is 9.47 Å². The standard InChI is InChI=1S/C24H21F2N3O2S/c1-15-6-4-5-7-22(15)29-23(17-10-20(30-2)13-21(11-17)31-3)27-28-24(29)32-14-16-8-18(25)12-19(26)9-16/h4-13H,14H2,1-3H3. The molecule has 0 saturated heterocycles. The van der Waals surface area contributed by atoms with E-state index >= 15 is 0 Å². The molecule has 1 aromatic heterocycles. The first-order chi connectivity index (χ1) is 15.5. The quantitative estimate of drug-likeness (QED) is 0.330. The van der Waals surface area contributed by atoms with Crippen LogP contribution in [0.2, 0.25) is 0 Å². The van der Waals surface area contributed by atoms with Crippen LogP contribution in [0, 0.1) is 18.6 Å². The number of methoxy groups -OCH3 is 2. The predicted molar refractivity (Wildman–Crippen MR) is 121 cm³/mol.